The van der Waals surface area contributed by atoms with Crippen molar-refractivity contribution in [2.24, 2.45) is 5.92 Å². The molecule has 176 valence electrons. The maximum absolute atomic E-state index is 12.8. The maximum Gasteiger partial charge on any atom is 0.410 e. The van der Waals surface area contributed by atoms with Crippen molar-refractivity contribution in [3.8, 4) is 6.07 Å². The van der Waals surface area contributed by atoms with Crippen LogP contribution in [0, 0.1) is 17.2 Å². The molecule has 31 heavy (non-hydrogen) atoms. The Bertz CT molecular complexity index is 642. The minimum atomic E-state index is -0.700. The van der Waals surface area contributed by atoms with E-state index in [9.17, 15) is 14.9 Å². The van der Waals surface area contributed by atoms with Gasteiger partial charge in [-0.3, -0.25) is 9.69 Å². The Morgan fingerprint density at radius 3 is 2.39 bits per heavy atom. The van der Waals surface area contributed by atoms with Crippen LogP contribution in [0.3, 0.4) is 0 Å². The molecule has 0 bridgehead atoms. The quantitative estimate of drug-likeness (QED) is 0.637. The third-order valence-electron chi connectivity index (χ3n) is 6.23. The summed E-state index contributed by atoms with van der Waals surface area (Å²) in [6.07, 6.45) is 7.52. The molecule has 1 aliphatic carbocycles. The first-order chi connectivity index (χ1) is 14.5. The SMILES string of the molecule is CC(C)N(CC1CCCN(CC(=O)NC2(C#N)CCCCCC2)C1)C(=O)OC(C)(C)C. The van der Waals surface area contributed by atoms with E-state index < -0.39 is 11.1 Å². The second-order valence-electron chi connectivity index (χ2n) is 10.6. The Kier molecular flexibility index (Phi) is 9.17. The topological polar surface area (TPSA) is 85.7 Å². The average Bonchev–Trinajstić information content (AvgIpc) is 2.90. The number of rotatable bonds is 6. The molecule has 7 heteroatoms. The highest BCUT2D eigenvalue weighted by atomic mass is 16.6. The van der Waals surface area contributed by atoms with Crippen molar-refractivity contribution in [2.75, 3.05) is 26.2 Å². The van der Waals surface area contributed by atoms with E-state index in [1.807, 2.05) is 34.6 Å². The molecule has 2 amide bonds. The zero-order chi connectivity index (χ0) is 23.1. The number of ether oxygens (including phenoxy) is 1. The summed E-state index contributed by atoms with van der Waals surface area (Å²) in [5.74, 6) is 0.247. The molecule has 1 saturated heterocycles. The van der Waals surface area contributed by atoms with Gasteiger partial charge in [-0.1, -0.05) is 25.7 Å². The summed E-state index contributed by atoms with van der Waals surface area (Å²) >= 11 is 0. The molecule has 1 aliphatic heterocycles. The first-order valence-corrected chi connectivity index (χ1v) is 12.0. The third-order valence-corrected chi connectivity index (χ3v) is 6.23. The zero-order valence-electron chi connectivity index (χ0n) is 20.2. The van der Waals surface area contributed by atoms with Gasteiger partial charge in [-0.25, -0.2) is 4.79 Å². The van der Waals surface area contributed by atoms with Gasteiger partial charge in [-0.2, -0.15) is 5.26 Å². The summed E-state index contributed by atoms with van der Waals surface area (Å²) in [5.41, 5.74) is -1.22. The number of likely N-dealkylation sites (tertiary alicyclic amines) is 1. The van der Waals surface area contributed by atoms with Gasteiger partial charge in [-0.05, 0) is 72.8 Å². The van der Waals surface area contributed by atoms with Crippen molar-refractivity contribution in [3.05, 3.63) is 0 Å². The Morgan fingerprint density at radius 2 is 1.84 bits per heavy atom. The monoisotopic (exact) mass is 434 g/mol. The van der Waals surface area contributed by atoms with Gasteiger partial charge < -0.3 is 15.0 Å². The fraction of sp³-hybridized carbons (Fsp3) is 0.875. The number of hydrogen-bond donors (Lipinski definition) is 1. The van der Waals surface area contributed by atoms with Crippen molar-refractivity contribution in [1.29, 1.82) is 5.26 Å². The van der Waals surface area contributed by atoms with E-state index in [0.717, 1.165) is 64.5 Å². The molecule has 1 N–H and O–H groups in total. The van der Waals surface area contributed by atoms with Crippen LogP contribution in [0.15, 0.2) is 0 Å². The first-order valence-electron chi connectivity index (χ1n) is 12.0. The molecular weight excluding hydrogens is 392 g/mol. The number of piperidine rings is 1. The van der Waals surface area contributed by atoms with Crippen molar-refractivity contribution >= 4 is 12.0 Å². The number of amides is 2. The normalized spacial score (nSPS) is 22.3. The minimum Gasteiger partial charge on any atom is -0.444 e. The second kappa shape index (κ2) is 11.2. The molecule has 1 atom stereocenters. The molecule has 0 radical (unpaired) electrons. The Hall–Kier alpha value is -1.81. The molecule has 0 aromatic rings. The molecule has 0 aromatic carbocycles. The van der Waals surface area contributed by atoms with Crippen LogP contribution in [0.4, 0.5) is 4.79 Å². The van der Waals surface area contributed by atoms with Gasteiger partial charge in [0.25, 0.3) is 0 Å². The summed E-state index contributed by atoms with van der Waals surface area (Å²) < 4.78 is 5.59. The number of hydrogen-bond acceptors (Lipinski definition) is 5. The summed E-state index contributed by atoms with van der Waals surface area (Å²) in [6, 6.07) is 2.45. The molecule has 2 fully saturated rings. The summed E-state index contributed by atoms with van der Waals surface area (Å²) in [4.78, 5) is 29.4. The lowest BCUT2D eigenvalue weighted by Gasteiger charge is -2.37. The van der Waals surface area contributed by atoms with Crippen LogP contribution < -0.4 is 5.32 Å². The molecule has 1 unspecified atom stereocenters. The largest absolute Gasteiger partial charge is 0.444 e. The van der Waals surface area contributed by atoms with Crippen LogP contribution >= 0.6 is 0 Å². The lowest BCUT2D eigenvalue weighted by atomic mass is 9.91. The highest BCUT2D eigenvalue weighted by Crippen LogP contribution is 2.27. The summed E-state index contributed by atoms with van der Waals surface area (Å²) in [7, 11) is 0. The number of carbonyl (C=O) groups is 2. The Morgan fingerprint density at radius 1 is 1.19 bits per heavy atom. The molecule has 0 spiro atoms. The van der Waals surface area contributed by atoms with E-state index in [1.165, 1.54) is 0 Å². The third kappa shape index (κ3) is 8.33. The van der Waals surface area contributed by atoms with Crippen LogP contribution in [-0.4, -0.2) is 65.2 Å². The fourth-order valence-corrected chi connectivity index (χ4v) is 4.65. The summed E-state index contributed by atoms with van der Waals surface area (Å²) in [6.45, 7) is 12.3. The van der Waals surface area contributed by atoms with Gasteiger partial charge in [0.05, 0.1) is 12.6 Å². The van der Waals surface area contributed by atoms with Crippen LogP contribution in [0.1, 0.15) is 86.0 Å². The fourth-order valence-electron chi connectivity index (χ4n) is 4.65. The van der Waals surface area contributed by atoms with Crippen LogP contribution in [0.25, 0.3) is 0 Å². The molecular formula is C24H42N4O3. The van der Waals surface area contributed by atoms with Crippen molar-refractivity contribution in [2.45, 2.75) is 103 Å². The van der Waals surface area contributed by atoms with E-state index in [0.29, 0.717) is 19.0 Å². The lowest BCUT2D eigenvalue weighted by molar-refractivity contribution is -0.124. The van der Waals surface area contributed by atoms with Gasteiger partial charge in [0.2, 0.25) is 5.91 Å². The van der Waals surface area contributed by atoms with Crippen LogP contribution in [0.2, 0.25) is 0 Å². The molecule has 2 rings (SSSR count). The van der Waals surface area contributed by atoms with E-state index in [4.69, 9.17) is 4.74 Å². The van der Waals surface area contributed by atoms with E-state index >= 15 is 0 Å². The van der Waals surface area contributed by atoms with Gasteiger partial charge in [0, 0.05) is 19.1 Å². The molecule has 1 heterocycles. The van der Waals surface area contributed by atoms with Gasteiger partial charge >= 0.3 is 6.09 Å². The molecule has 2 aliphatic rings. The first kappa shape index (κ1) is 25.5. The lowest BCUT2D eigenvalue weighted by Crippen LogP contribution is -2.52. The highest BCUT2D eigenvalue weighted by molar-refractivity contribution is 5.79. The molecule has 0 aromatic heterocycles. The van der Waals surface area contributed by atoms with Crippen LogP contribution in [0.5, 0.6) is 0 Å². The predicted octanol–water partition coefficient (Wildman–Crippen LogP) is 4.08. The van der Waals surface area contributed by atoms with E-state index in [2.05, 4.69) is 16.3 Å². The van der Waals surface area contributed by atoms with Crippen molar-refractivity contribution in [1.82, 2.24) is 15.1 Å². The van der Waals surface area contributed by atoms with Crippen molar-refractivity contribution in [3.63, 3.8) is 0 Å². The smallest absolute Gasteiger partial charge is 0.410 e. The maximum atomic E-state index is 12.8. The predicted molar refractivity (Wildman–Crippen MR) is 121 cm³/mol. The number of nitriles is 1. The summed E-state index contributed by atoms with van der Waals surface area (Å²) in [5, 5.41) is 12.8. The average molecular weight is 435 g/mol. The highest BCUT2D eigenvalue weighted by Gasteiger charge is 2.34. The van der Waals surface area contributed by atoms with Gasteiger partial charge in [-0.15, -0.1) is 0 Å². The molecule has 1 saturated carbocycles. The van der Waals surface area contributed by atoms with E-state index in [-0.39, 0.29) is 18.0 Å². The zero-order valence-corrected chi connectivity index (χ0v) is 20.2. The number of nitrogens with zero attached hydrogens (tertiary/aromatic N) is 3. The van der Waals surface area contributed by atoms with Gasteiger partial charge in [0.1, 0.15) is 11.1 Å². The Labute approximate surface area is 188 Å². The Balaban J connectivity index is 1.91. The van der Waals surface area contributed by atoms with Crippen molar-refractivity contribution < 1.29 is 14.3 Å². The second-order valence-corrected chi connectivity index (χ2v) is 10.6. The molecule has 7 nitrogen and oxygen atoms in total. The minimum absolute atomic E-state index is 0.0549. The number of carbonyl (C=O) groups excluding carboxylic acids is 2. The van der Waals surface area contributed by atoms with Crippen LogP contribution in [-0.2, 0) is 9.53 Å². The standard InChI is InChI=1S/C24H42N4O3/c1-19(2)28(22(30)31-23(3,4)5)16-20-11-10-14-27(15-20)17-21(29)26-24(18-25)12-8-6-7-9-13-24/h19-20H,6-17H2,1-5H3,(H,26,29). The van der Waals surface area contributed by atoms with E-state index in [1.54, 1.807) is 4.90 Å². The number of nitrogens with one attached hydrogen (secondary N) is 1. The van der Waals surface area contributed by atoms with Gasteiger partial charge in [0.15, 0.2) is 0 Å².